The maximum absolute atomic E-state index is 14.6. The number of carbonyl (C=O) groups excluding carboxylic acids is 2. The molecule has 2 aromatic rings. The summed E-state index contributed by atoms with van der Waals surface area (Å²) < 4.78 is 15.9. The molecule has 0 bridgehead atoms. The largest absolute Gasteiger partial charge is 0.368 e. The first-order valence-corrected chi connectivity index (χ1v) is 10.3. The van der Waals surface area contributed by atoms with Crippen molar-refractivity contribution in [2.24, 2.45) is 11.7 Å². The van der Waals surface area contributed by atoms with E-state index in [0.717, 1.165) is 19.6 Å². The lowest BCUT2D eigenvalue weighted by atomic mass is 10.0. The number of likely N-dealkylation sites (tertiary alicyclic amines) is 2. The van der Waals surface area contributed by atoms with Gasteiger partial charge in [0, 0.05) is 31.4 Å². The van der Waals surface area contributed by atoms with E-state index in [-0.39, 0.29) is 23.7 Å². The molecule has 163 valence electrons. The lowest BCUT2D eigenvalue weighted by Crippen LogP contribution is -2.44. The molecular formula is C22H25FN5O3. The highest BCUT2D eigenvalue weighted by Gasteiger charge is 2.38. The molecule has 2 amide bonds. The van der Waals surface area contributed by atoms with E-state index in [1.165, 1.54) is 29.2 Å². The molecule has 2 fully saturated rings. The molecule has 0 aliphatic carbocycles. The fraction of sp³-hybridized carbons (Fsp3) is 0.364. The van der Waals surface area contributed by atoms with Crippen molar-refractivity contribution in [3.63, 3.8) is 0 Å². The van der Waals surface area contributed by atoms with Crippen LogP contribution in [0.15, 0.2) is 47.4 Å². The van der Waals surface area contributed by atoms with Crippen LogP contribution < -0.4 is 16.6 Å². The third kappa shape index (κ3) is 4.83. The zero-order valence-corrected chi connectivity index (χ0v) is 17.0. The molecule has 8 nitrogen and oxygen atoms in total. The van der Waals surface area contributed by atoms with E-state index < -0.39 is 23.7 Å². The summed E-state index contributed by atoms with van der Waals surface area (Å²) in [6, 6.07) is 8.20. The van der Waals surface area contributed by atoms with Gasteiger partial charge in [-0.2, -0.15) is 0 Å². The molecule has 31 heavy (non-hydrogen) atoms. The van der Waals surface area contributed by atoms with Crippen molar-refractivity contribution in [1.29, 1.82) is 0 Å². The van der Waals surface area contributed by atoms with Crippen LogP contribution in [0, 0.1) is 18.2 Å². The molecule has 4 rings (SSSR count). The van der Waals surface area contributed by atoms with Gasteiger partial charge in [0.2, 0.25) is 11.8 Å². The van der Waals surface area contributed by atoms with Crippen molar-refractivity contribution in [2.75, 3.05) is 38.0 Å². The molecule has 1 radical (unpaired) electrons. The Morgan fingerprint density at radius 3 is 2.65 bits per heavy atom. The topological polar surface area (TPSA) is 101 Å². The number of hydrogen-bond donors (Lipinski definition) is 2. The van der Waals surface area contributed by atoms with Gasteiger partial charge in [-0.25, -0.2) is 4.39 Å². The Balaban J connectivity index is 1.40. The van der Waals surface area contributed by atoms with Gasteiger partial charge in [-0.3, -0.25) is 23.9 Å². The number of nitrogens with zero attached hydrogens (tertiary/aromatic N) is 3. The molecule has 1 unspecified atom stereocenters. The highest BCUT2D eigenvalue weighted by molar-refractivity contribution is 5.93. The van der Waals surface area contributed by atoms with Crippen LogP contribution in [0.5, 0.6) is 0 Å². The van der Waals surface area contributed by atoms with Crippen LogP contribution in [0.1, 0.15) is 6.42 Å². The summed E-state index contributed by atoms with van der Waals surface area (Å²) in [6.45, 7) is 3.43. The molecule has 2 saturated heterocycles. The van der Waals surface area contributed by atoms with Gasteiger partial charge in [-0.15, -0.1) is 0 Å². The van der Waals surface area contributed by atoms with Gasteiger partial charge in [0.05, 0.1) is 24.0 Å². The number of pyridine rings is 1. The molecule has 2 aliphatic rings. The van der Waals surface area contributed by atoms with E-state index in [9.17, 15) is 18.8 Å². The second kappa shape index (κ2) is 8.99. The standard InChI is InChI=1S/C22H25FN5O3/c23-17-11-16(28-9-2-1-4-21(28)30)5-6-18(17)25-20(29)14-27-13-15(10-19(27)22(24)31)12-26-7-3-8-26/h1-2,4-6,9-11,15,19H,3,7-8,12-14H2,(H2,24,31)(H,25,29)/t15-,19?/m0/s1. The van der Waals surface area contributed by atoms with Gasteiger partial charge in [-0.05, 0) is 50.0 Å². The van der Waals surface area contributed by atoms with Crippen LogP contribution in [-0.2, 0) is 9.59 Å². The molecule has 2 aliphatic heterocycles. The van der Waals surface area contributed by atoms with Crippen molar-refractivity contribution in [3.05, 3.63) is 65.2 Å². The van der Waals surface area contributed by atoms with E-state index in [1.54, 1.807) is 29.3 Å². The average molecular weight is 426 g/mol. The van der Waals surface area contributed by atoms with Gasteiger partial charge < -0.3 is 16.0 Å². The Hall–Kier alpha value is -3.04. The van der Waals surface area contributed by atoms with Crippen LogP contribution in [-0.4, -0.2) is 64.9 Å². The number of anilines is 1. The summed E-state index contributed by atoms with van der Waals surface area (Å²) in [4.78, 5) is 40.3. The number of primary amides is 1. The first kappa shape index (κ1) is 21.2. The number of aromatic nitrogens is 1. The van der Waals surface area contributed by atoms with Crippen LogP contribution in [0.2, 0.25) is 0 Å². The molecule has 1 aromatic heterocycles. The van der Waals surface area contributed by atoms with E-state index >= 15 is 0 Å². The van der Waals surface area contributed by atoms with Gasteiger partial charge >= 0.3 is 0 Å². The van der Waals surface area contributed by atoms with Crippen LogP contribution in [0.25, 0.3) is 5.69 Å². The van der Waals surface area contributed by atoms with E-state index in [0.29, 0.717) is 12.2 Å². The highest BCUT2D eigenvalue weighted by atomic mass is 19.1. The Morgan fingerprint density at radius 1 is 1.19 bits per heavy atom. The van der Waals surface area contributed by atoms with Crippen molar-refractivity contribution in [2.45, 2.75) is 12.5 Å². The molecule has 0 spiro atoms. The van der Waals surface area contributed by atoms with E-state index in [2.05, 4.69) is 10.2 Å². The minimum Gasteiger partial charge on any atom is -0.368 e. The second-order valence-electron chi connectivity index (χ2n) is 8.00. The number of carbonyl (C=O) groups is 2. The highest BCUT2D eigenvalue weighted by Crippen LogP contribution is 2.25. The number of rotatable bonds is 7. The fourth-order valence-corrected chi connectivity index (χ4v) is 4.08. The summed E-state index contributed by atoms with van der Waals surface area (Å²) in [5, 5.41) is 2.55. The Morgan fingerprint density at radius 2 is 2.00 bits per heavy atom. The van der Waals surface area contributed by atoms with E-state index in [4.69, 9.17) is 5.73 Å². The Bertz CT molecular complexity index is 1040. The van der Waals surface area contributed by atoms with Gasteiger partial charge in [0.1, 0.15) is 5.82 Å². The number of amides is 2. The first-order valence-electron chi connectivity index (χ1n) is 10.3. The smallest absolute Gasteiger partial charge is 0.255 e. The molecule has 2 atom stereocenters. The predicted octanol–water partition coefficient (Wildman–Crippen LogP) is 0.611. The molecular weight excluding hydrogens is 401 g/mol. The monoisotopic (exact) mass is 426 g/mol. The quantitative estimate of drug-likeness (QED) is 0.676. The fourth-order valence-electron chi connectivity index (χ4n) is 4.08. The maximum Gasteiger partial charge on any atom is 0.255 e. The predicted molar refractivity (Wildman–Crippen MR) is 114 cm³/mol. The van der Waals surface area contributed by atoms with Crippen molar-refractivity contribution >= 4 is 17.5 Å². The van der Waals surface area contributed by atoms with Crippen LogP contribution in [0.4, 0.5) is 10.1 Å². The SMILES string of the molecule is NC(=O)C1[CH][C@@H](CN2CCC2)CN1CC(=O)Nc1ccc(-n2ccccc2=O)cc1F. The zero-order chi connectivity index (χ0) is 22.0. The van der Waals surface area contributed by atoms with Crippen molar-refractivity contribution in [3.8, 4) is 5.69 Å². The number of hydrogen-bond acceptors (Lipinski definition) is 5. The number of nitrogens with two attached hydrogens (primary N) is 1. The summed E-state index contributed by atoms with van der Waals surface area (Å²) in [5.41, 5.74) is 5.60. The third-order valence-corrected chi connectivity index (χ3v) is 5.72. The van der Waals surface area contributed by atoms with Crippen molar-refractivity contribution < 1.29 is 14.0 Å². The van der Waals surface area contributed by atoms with Crippen molar-refractivity contribution in [1.82, 2.24) is 14.4 Å². The lowest BCUT2D eigenvalue weighted by Gasteiger charge is -2.32. The molecule has 0 saturated carbocycles. The van der Waals surface area contributed by atoms with Gasteiger partial charge in [0.15, 0.2) is 0 Å². The van der Waals surface area contributed by atoms with Crippen LogP contribution in [0.3, 0.4) is 0 Å². The summed E-state index contributed by atoms with van der Waals surface area (Å²) in [6.07, 6.45) is 4.63. The molecule has 3 heterocycles. The number of halogens is 1. The summed E-state index contributed by atoms with van der Waals surface area (Å²) >= 11 is 0. The summed E-state index contributed by atoms with van der Waals surface area (Å²) in [5.74, 6) is -1.43. The maximum atomic E-state index is 14.6. The molecule has 1 aromatic carbocycles. The number of benzene rings is 1. The lowest BCUT2D eigenvalue weighted by molar-refractivity contribution is -0.123. The molecule has 9 heteroatoms. The Kier molecular flexibility index (Phi) is 6.15. The number of nitrogens with one attached hydrogen (secondary N) is 1. The minimum atomic E-state index is -0.656. The first-order chi connectivity index (χ1) is 14.9. The molecule has 3 N–H and O–H groups in total. The van der Waals surface area contributed by atoms with E-state index in [1.807, 2.05) is 6.42 Å². The normalized spacial score (nSPS) is 21.6. The minimum absolute atomic E-state index is 0.00802. The average Bonchev–Trinajstić information content (AvgIpc) is 3.09. The summed E-state index contributed by atoms with van der Waals surface area (Å²) in [7, 11) is 0. The van der Waals surface area contributed by atoms with Crippen LogP contribution >= 0.6 is 0 Å². The van der Waals surface area contributed by atoms with Gasteiger partial charge in [0.25, 0.3) is 5.56 Å². The Labute approximate surface area is 179 Å². The third-order valence-electron chi connectivity index (χ3n) is 5.72. The zero-order valence-electron chi connectivity index (χ0n) is 17.0. The van der Waals surface area contributed by atoms with Gasteiger partial charge in [-0.1, -0.05) is 6.07 Å². The second-order valence-corrected chi connectivity index (χ2v) is 8.00.